The van der Waals surface area contributed by atoms with Crippen molar-refractivity contribution in [1.82, 2.24) is 25.1 Å². The summed E-state index contributed by atoms with van der Waals surface area (Å²) in [6, 6.07) is 18.8. The molecule has 0 fully saturated rings. The molecular weight excluding hydrogens is 402 g/mol. The van der Waals surface area contributed by atoms with E-state index in [9.17, 15) is 4.79 Å². The zero-order valence-electron chi connectivity index (χ0n) is 17.2. The minimum atomic E-state index is -0.285. The largest absolute Gasteiger partial charge is 0.324 e. The van der Waals surface area contributed by atoms with Crippen LogP contribution in [-0.2, 0) is 0 Å². The third-order valence-electron chi connectivity index (χ3n) is 5.04. The number of para-hydroxylation sites is 1. The van der Waals surface area contributed by atoms with Gasteiger partial charge in [0.1, 0.15) is 0 Å². The molecule has 3 heterocycles. The van der Waals surface area contributed by atoms with Gasteiger partial charge in [0.15, 0.2) is 5.69 Å². The lowest BCUT2D eigenvalue weighted by molar-refractivity contribution is 0.102. The minimum absolute atomic E-state index is 0.285. The maximum atomic E-state index is 12.8. The fourth-order valence-corrected chi connectivity index (χ4v) is 3.38. The van der Waals surface area contributed by atoms with E-state index in [4.69, 9.17) is 0 Å². The second-order valence-corrected chi connectivity index (χ2v) is 7.23. The molecule has 5 rings (SSSR count). The number of fused-ring (bicyclic) bond motifs is 1. The van der Waals surface area contributed by atoms with Gasteiger partial charge in [-0.05, 0) is 48.9 Å². The van der Waals surface area contributed by atoms with E-state index in [-0.39, 0.29) is 5.91 Å². The van der Waals surface area contributed by atoms with Crippen LogP contribution >= 0.6 is 0 Å². The predicted molar refractivity (Wildman–Crippen MR) is 124 cm³/mol. The van der Waals surface area contributed by atoms with Crippen LogP contribution in [0.3, 0.4) is 0 Å². The fraction of sp³-hybridized carbons (Fsp3) is 0.0417. The number of benzene rings is 2. The molecule has 0 spiro atoms. The molecule has 5 aromatic rings. The van der Waals surface area contributed by atoms with E-state index in [1.807, 2.05) is 67.6 Å². The van der Waals surface area contributed by atoms with Gasteiger partial charge in [-0.15, -0.1) is 0 Å². The lowest BCUT2D eigenvalue weighted by atomic mass is 10.1. The van der Waals surface area contributed by atoms with Crippen molar-refractivity contribution in [2.45, 2.75) is 6.92 Å². The standard InChI is InChI=1S/C24H19N7O/c1-15-8-9-17(27-23(32)22-18-6-2-3-7-20(18)30-31-22)13-21(15)29-24-26-12-10-19(28-24)16-5-4-11-25-14-16/h2-14H,1H3,(H,27,32)(H,30,31)(H,26,28,29). The molecule has 0 radical (unpaired) electrons. The van der Waals surface area contributed by atoms with Crippen molar-refractivity contribution >= 4 is 34.1 Å². The Balaban J connectivity index is 1.38. The first-order chi connectivity index (χ1) is 15.7. The Morgan fingerprint density at radius 2 is 1.91 bits per heavy atom. The van der Waals surface area contributed by atoms with Crippen molar-refractivity contribution in [2.24, 2.45) is 0 Å². The van der Waals surface area contributed by atoms with Gasteiger partial charge < -0.3 is 10.6 Å². The van der Waals surface area contributed by atoms with Gasteiger partial charge in [0.2, 0.25) is 5.95 Å². The molecule has 0 aliphatic heterocycles. The lowest BCUT2D eigenvalue weighted by Gasteiger charge is -2.12. The molecule has 3 N–H and O–H groups in total. The number of aromatic nitrogens is 5. The molecule has 0 aliphatic rings. The summed E-state index contributed by atoms with van der Waals surface area (Å²) < 4.78 is 0. The van der Waals surface area contributed by atoms with Crippen LogP contribution in [0.15, 0.2) is 79.3 Å². The molecule has 2 aromatic carbocycles. The normalized spacial score (nSPS) is 10.8. The van der Waals surface area contributed by atoms with Crippen molar-refractivity contribution in [2.75, 3.05) is 10.6 Å². The molecular formula is C24H19N7O. The zero-order valence-corrected chi connectivity index (χ0v) is 17.2. The van der Waals surface area contributed by atoms with Crippen molar-refractivity contribution in [1.29, 1.82) is 0 Å². The number of aryl methyl sites for hydroxylation is 1. The summed E-state index contributed by atoms with van der Waals surface area (Å²) in [5, 5.41) is 14.0. The van der Waals surface area contributed by atoms with E-state index in [0.717, 1.165) is 33.4 Å². The number of carbonyl (C=O) groups excluding carboxylic acids is 1. The Hall–Kier alpha value is -4.59. The Morgan fingerprint density at radius 3 is 2.78 bits per heavy atom. The number of nitrogens with one attached hydrogen (secondary N) is 3. The number of hydrogen-bond acceptors (Lipinski definition) is 6. The highest BCUT2D eigenvalue weighted by Gasteiger charge is 2.14. The van der Waals surface area contributed by atoms with Crippen molar-refractivity contribution in [3.63, 3.8) is 0 Å². The molecule has 8 nitrogen and oxygen atoms in total. The summed E-state index contributed by atoms with van der Waals surface area (Å²) in [5.41, 5.74) is 5.25. The predicted octanol–water partition coefficient (Wildman–Crippen LogP) is 4.72. The van der Waals surface area contributed by atoms with E-state index in [0.29, 0.717) is 17.3 Å². The molecule has 3 aromatic heterocycles. The summed E-state index contributed by atoms with van der Waals surface area (Å²) in [7, 11) is 0. The topological polar surface area (TPSA) is 108 Å². The maximum absolute atomic E-state index is 12.8. The van der Waals surface area contributed by atoms with E-state index in [1.165, 1.54) is 0 Å². The van der Waals surface area contributed by atoms with Crippen molar-refractivity contribution in [3.05, 3.63) is 90.5 Å². The van der Waals surface area contributed by atoms with E-state index in [1.54, 1.807) is 18.6 Å². The van der Waals surface area contributed by atoms with Gasteiger partial charge in [-0.3, -0.25) is 14.9 Å². The third-order valence-corrected chi connectivity index (χ3v) is 5.04. The highest BCUT2D eigenvalue weighted by Crippen LogP contribution is 2.25. The van der Waals surface area contributed by atoms with Crippen LogP contribution < -0.4 is 10.6 Å². The SMILES string of the molecule is Cc1ccc(NC(=O)c2n[nH]c3ccccc23)cc1Nc1nccc(-c2cccnc2)n1. The first-order valence-corrected chi connectivity index (χ1v) is 10.0. The van der Waals surface area contributed by atoms with Gasteiger partial charge >= 0.3 is 0 Å². The van der Waals surface area contributed by atoms with E-state index in [2.05, 4.69) is 35.8 Å². The second kappa shape index (κ2) is 8.27. The number of anilines is 3. The van der Waals surface area contributed by atoms with Crippen molar-refractivity contribution in [3.8, 4) is 11.3 Å². The Morgan fingerprint density at radius 1 is 1.00 bits per heavy atom. The molecule has 0 saturated carbocycles. The average molecular weight is 421 g/mol. The van der Waals surface area contributed by atoms with Gasteiger partial charge in [-0.2, -0.15) is 5.10 Å². The minimum Gasteiger partial charge on any atom is -0.324 e. The maximum Gasteiger partial charge on any atom is 0.276 e. The highest BCUT2D eigenvalue weighted by atomic mass is 16.1. The summed E-state index contributed by atoms with van der Waals surface area (Å²) >= 11 is 0. The number of nitrogens with zero attached hydrogens (tertiary/aromatic N) is 4. The van der Waals surface area contributed by atoms with Gasteiger partial charge in [-0.25, -0.2) is 9.97 Å². The van der Waals surface area contributed by atoms with Crippen LogP contribution in [0.5, 0.6) is 0 Å². The molecule has 1 amide bonds. The lowest BCUT2D eigenvalue weighted by Crippen LogP contribution is -2.13. The Labute approximate surface area is 183 Å². The molecule has 0 unspecified atom stereocenters. The summed E-state index contributed by atoms with van der Waals surface area (Å²) in [4.78, 5) is 25.8. The first kappa shape index (κ1) is 19.4. The fourth-order valence-electron chi connectivity index (χ4n) is 3.38. The van der Waals surface area contributed by atoms with Gasteiger partial charge in [-0.1, -0.05) is 24.3 Å². The van der Waals surface area contributed by atoms with Crippen LogP contribution in [0.4, 0.5) is 17.3 Å². The number of pyridine rings is 1. The summed E-state index contributed by atoms with van der Waals surface area (Å²) in [5.74, 6) is 0.170. The van der Waals surface area contributed by atoms with Gasteiger partial charge in [0.05, 0.1) is 11.2 Å². The quantitative estimate of drug-likeness (QED) is 0.379. The number of H-pyrrole nitrogens is 1. The molecule has 0 aliphatic carbocycles. The van der Waals surface area contributed by atoms with E-state index < -0.39 is 0 Å². The smallest absolute Gasteiger partial charge is 0.276 e. The molecule has 8 heteroatoms. The van der Waals surface area contributed by atoms with Gasteiger partial charge in [0.25, 0.3) is 5.91 Å². The van der Waals surface area contributed by atoms with Crippen LogP contribution in [0.1, 0.15) is 16.1 Å². The van der Waals surface area contributed by atoms with E-state index >= 15 is 0 Å². The van der Waals surface area contributed by atoms with Crippen LogP contribution in [0.25, 0.3) is 22.2 Å². The molecule has 0 bridgehead atoms. The summed E-state index contributed by atoms with van der Waals surface area (Å²) in [6.07, 6.45) is 5.17. The number of carbonyl (C=O) groups is 1. The Bertz CT molecular complexity index is 1410. The molecule has 0 atom stereocenters. The third kappa shape index (κ3) is 3.89. The number of amides is 1. The highest BCUT2D eigenvalue weighted by molar-refractivity contribution is 6.11. The average Bonchev–Trinajstić information content (AvgIpc) is 3.26. The zero-order chi connectivity index (χ0) is 21.9. The van der Waals surface area contributed by atoms with Crippen LogP contribution in [-0.4, -0.2) is 31.1 Å². The van der Waals surface area contributed by atoms with Crippen LogP contribution in [0, 0.1) is 6.92 Å². The Kier molecular flexibility index (Phi) is 5.01. The second-order valence-electron chi connectivity index (χ2n) is 7.23. The molecule has 156 valence electrons. The van der Waals surface area contributed by atoms with Crippen LogP contribution in [0.2, 0.25) is 0 Å². The van der Waals surface area contributed by atoms with Gasteiger partial charge in [0, 0.05) is 40.9 Å². The monoisotopic (exact) mass is 421 g/mol. The number of rotatable bonds is 5. The number of hydrogen-bond donors (Lipinski definition) is 3. The summed E-state index contributed by atoms with van der Waals surface area (Å²) in [6.45, 7) is 1.97. The first-order valence-electron chi connectivity index (χ1n) is 10.0. The van der Waals surface area contributed by atoms with Crippen molar-refractivity contribution < 1.29 is 4.79 Å². The molecule has 32 heavy (non-hydrogen) atoms. The molecule has 0 saturated heterocycles. The number of aromatic amines is 1.